The smallest absolute Gasteiger partial charge is 0.224 e. The van der Waals surface area contributed by atoms with Crippen molar-refractivity contribution in [1.82, 2.24) is 5.32 Å². The second kappa shape index (κ2) is 6.42. The molecular weight excluding hydrogens is 254 g/mol. The van der Waals surface area contributed by atoms with Gasteiger partial charge in [0.1, 0.15) is 0 Å². The molecule has 1 N–H and O–H groups in total. The molecule has 0 saturated heterocycles. The Bertz CT molecular complexity index is 421. The average molecular weight is 278 g/mol. The van der Waals surface area contributed by atoms with Crippen molar-refractivity contribution in [3.63, 3.8) is 0 Å². The summed E-state index contributed by atoms with van der Waals surface area (Å²) in [6.45, 7) is 3.93. The van der Waals surface area contributed by atoms with Crippen LogP contribution in [0.3, 0.4) is 0 Å². The topological polar surface area (TPSA) is 69.2 Å². The largest absolute Gasteiger partial charge is 0.550 e. The summed E-state index contributed by atoms with van der Waals surface area (Å²) in [6, 6.07) is 0.228. The summed E-state index contributed by atoms with van der Waals surface area (Å²) in [4.78, 5) is 23.7. The van der Waals surface area contributed by atoms with Crippen LogP contribution in [0.5, 0.6) is 0 Å². The molecule has 0 bridgehead atoms. The minimum absolute atomic E-state index is 0.0991. The number of nitrogens with one attached hydrogen (secondary N) is 1. The highest BCUT2D eigenvalue weighted by Crippen LogP contribution is 2.34. The quantitative estimate of drug-likeness (QED) is 0.796. The van der Waals surface area contributed by atoms with E-state index in [9.17, 15) is 14.7 Å². The van der Waals surface area contributed by atoms with E-state index < -0.39 is 17.8 Å². The summed E-state index contributed by atoms with van der Waals surface area (Å²) in [5, 5.41) is 14.4. The molecule has 0 aliphatic heterocycles. The second-order valence-electron chi connectivity index (χ2n) is 6.34. The second-order valence-corrected chi connectivity index (χ2v) is 6.34. The fourth-order valence-electron chi connectivity index (χ4n) is 3.37. The van der Waals surface area contributed by atoms with E-state index in [0.717, 1.165) is 36.8 Å². The third-order valence-electron chi connectivity index (χ3n) is 4.86. The van der Waals surface area contributed by atoms with Crippen LogP contribution in [0.2, 0.25) is 0 Å². The van der Waals surface area contributed by atoms with Gasteiger partial charge in [0, 0.05) is 23.8 Å². The Hall–Kier alpha value is -1.32. The molecule has 1 amide bonds. The van der Waals surface area contributed by atoms with Gasteiger partial charge in [0.05, 0.1) is 0 Å². The monoisotopic (exact) mass is 278 g/mol. The third kappa shape index (κ3) is 3.41. The van der Waals surface area contributed by atoms with Crippen LogP contribution in [-0.2, 0) is 9.59 Å². The molecule has 0 aromatic carbocycles. The van der Waals surface area contributed by atoms with Crippen molar-refractivity contribution in [3.8, 4) is 0 Å². The van der Waals surface area contributed by atoms with Crippen LogP contribution in [0, 0.1) is 11.8 Å². The average Bonchev–Trinajstić information content (AvgIpc) is 2.42. The molecule has 20 heavy (non-hydrogen) atoms. The number of carbonyl (C=O) groups excluding carboxylic acids is 2. The fraction of sp³-hybridized carbons (Fsp3) is 0.750. The first kappa shape index (κ1) is 15.1. The number of hydrogen-bond acceptors (Lipinski definition) is 3. The van der Waals surface area contributed by atoms with E-state index in [1.807, 2.05) is 13.8 Å². The van der Waals surface area contributed by atoms with Crippen molar-refractivity contribution < 1.29 is 14.7 Å². The van der Waals surface area contributed by atoms with E-state index in [-0.39, 0.29) is 11.9 Å². The van der Waals surface area contributed by atoms with Gasteiger partial charge in [-0.05, 0) is 39.5 Å². The highest BCUT2D eigenvalue weighted by molar-refractivity contribution is 5.85. The van der Waals surface area contributed by atoms with E-state index in [1.165, 1.54) is 6.42 Å². The summed E-state index contributed by atoms with van der Waals surface area (Å²) in [6.07, 6.45) is 6.55. The van der Waals surface area contributed by atoms with Gasteiger partial charge in [0.15, 0.2) is 0 Å². The molecule has 4 nitrogen and oxygen atoms in total. The van der Waals surface area contributed by atoms with Crippen LogP contribution in [0.1, 0.15) is 58.8 Å². The van der Waals surface area contributed by atoms with Gasteiger partial charge in [0.2, 0.25) is 5.91 Å². The van der Waals surface area contributed by atoms with E-state index in [1.54, 1.807) is 0 Å². The first-order valence-electron chi connectivity index (χ1n) is 7.65. The lowest BCUT2D eigenvalue weighted by atomic mass is 9.76. The van der Waals surface area contributed by atoms with Gasteiger partial charge in [-0.25, -0.2) is 0 Å². The molecule has 2 aliphatic rings. The molecular formula is C16H24NO3-. The van der Waals surface area contributed by atoms with E-state index >= 15 is 0 Å². The Morgan fingerprint density at radius 3 is 2.10 bits per heavy atom. The molecule has 2 aliphatic carbocycles. The van der Waals surface area contributed by atoms with Crippen molar-refractivity contribution in [2.45, 2.75) is 64.8 Å². The molecule has 4 heteroatoms. The molecule has 112 valence electrons. The third-order valence-corrected chi connectivity index (χ3v) is 4.86. The molecule has 2 rings (SSSR count). The first-order chi connectivity index (χ1) is 9.49. The number of carboxylic acids is 1. The summed E-state index contributed by atoms with van der Waals surface area (Å²) in [5.74, 6) is -2.34. The van der Waals surface area contributed by atoms with Crippen LogP contribution in [-0.4, -0.2) is 17.9 Å². The summed E-state index contributed by atoms with van der Waals surface area (Å²) in [7, 11) is 0. The number of hydrogen-bond donors (Lipinski definition) is 1. The SMILES string of the molecule is CC1=C(C)C[C@@H](C(=O)[O-])[C@@H](C(=O)NC2CCCCC2)C1. The van der Waals surface area contributed by atoms with Gasteiger partial charge < -0.3 is 15.2 Å². The molecule has 1 saturated carbocycles. The normalized spacial score (nSPS) is 28.3. The van der Waals surface area contributed by atoms with E-state index in [2.05, 4.69) is 5.32 Å². The molecule has 0 aromatic heterocycles. The van der Waals surface area contributed by atoms with Gasteiger partial charge in [0.25, 0.3) is 0 Å². The van der Waals surface area contributed by atoms with Gasteiger partial charge >= 0.3 is 0 Å². The van der Waals surface area contributed by atoms with E-state index in [4.69, 9.17) is 0 Å². The Morgan fingerprint density at radius 1 is 1.00 bits per heavy atom. The van der Waals surface area contributed by atoms with Crippen LogP contribution in [0.25, 0.3) is 0 Å². The molecule has 1 fully saturated rings. The van der Waals surface area contributed by atoms with Crippen LogP contribution in [0.15, 0.2) is 11.1 Å². The summed E-state index contributed by atoms with van der Waals surface area (Å²) in [5.41, 5.74) is 2.23. The standard InChI is InChI=1S/C16H25NO3/c1-10-8-13(14(16(19)20)9-11(10)2)15(18)17-12-6-4-3-5-7-12/h12-14H,3-9H2,1-2H3,(H,17,18)(H,19,20)/p-1/t13-,14+/m0/s1. The molecule has 0 aromatic rings. The van der Waals surface area contributed by atoms with Crippen molar-refractivity contribution in [3.05, 3.63) is 11.1 Å². The van der Waals surface area contributed by atoms with Gasteiger partial charge in [-0.15, -0.1) is 0 Å². The van der Waals surface area contributed by atoms with E-state index in [0.29, 0.717) is 12.8 Å². The maximum atomic E-state index is 12.4. The van der Waals surface area contributed by atoms with Gasteiger partial charge in [-0.3, -0.25) is 4.79 Å². The molecule has 0 heterocycles. The maximum absolute atomic E-state index is 12.4. The highest BCUT2D eigenvalue weighted by Gasteiger charge is 2.34. The lowest BCUT2D eigenvalue weighted by molar-refractivity contribution is -0.313. The Morgan fingerprint density at radius 2 is 1.55 bits per heavy atom. The van der Waals surface area contributed by atoms with Crippen molar-refractivity contribution in [2.24, 2.45) is 11.8 Å². The maximum Gasteiger partial charge on any atom is 0.224 e. The fourth-order valence-corrected chi connectivity index (χ4v) is 3.37. The molecule has 0 radical (unpaired) electrons. The number of carboxylic acid groups (broad SMARTS) is 1. The van der Waals surface area contributed by atoms with Gasteiger partial charge in [-0.1, -0.05) is 30.4 Å². The van der Waals surface area contributed by atoms with Crippen molar-refractivity contribution in [1.29, 1.82) is 0 Å². The number of allylic oxidation sites excluding steroid dienone is 2. The Labute approximate surface area is 120 Å². The number of carbonyl (C=O) groups is 2. The first-order valence-corrected chi connectivity index (χ1v) is 7.65. The molecule has 0 unspecified atom stereocenters. The van der Waals surface area contributed by atoms with Crippen LogP contribution in [0.4, 0.5) is 0 Å². The summed E-state index contributed by atoms with van der Waals surface area (Å²) < 4.78 is 0. The van der Waals surface area contributed by atoms with Crippen LogP contribution < -0.4 is 10.4 Å². The minimum Gasteiger partial charge on any atom is -0.550 e. The predicted octanol–water partition coefficient (Wildman–Crippen LogP) is 1.55. The minimum atomic E-state index is -1.10. The lowest BCUT2D eigenvalue weighted by Gasteiger charge is -2.34. The Balaban J connectivity index is 2.04. The number of rotatable bonds is 3. The molecule has 2 atom stereocenters. The lowest BCUT2D eigenvalue weighted by Crippen LogP contribution is -2.47. The zero-order valence-corrected chi connectivity index (χ0v) is 12.4. The number of amides is 1. The highest BCUT2D eigenvalue weighted by atomic mass is 16.4. The predicted molar refractivity (Wildman–Crippen MR) is 74.6 cm³/mol. The molecule has 0 spiro atoms. The zero-order chi connectivity index (χ0) is 14.7. The van der Waals surface area contributed by atoms with Gasteiger partial charge in [-0.2, -0.15) is 0 Å². The van der Waals surface area contributed by atoms with Crippen LogP contribution >= 0.6 is 0 Å². The zero-order valence-electron chi connectivity index (χ0n) is 12.4. The van der Waals surface area contributed by atoms with Crippen molar-refractivity contribution in [2.75, 3.05) is 0 Å². The van der Waals surface area contributed by atoms with Crippen molar-refractivity contribution >= 4 is 11.9 Å². The number of aliphatic carboxylic acids is 1. The summed E-state index contributed by atoms with van der Waals surface area (Å²) >= 11 is 0. The Kier molecular flexibility index (Phi) is 4.84.